The lowest BCUT2D eigenvalue weighted by Crippen LogP contribution is -2.41. The van der Waals surface area contributed by atoms with Gasteiger partial charge < -0.3 is 19.5 Å². The summed E-state index contributed by atoms with van der Waals surface area (Å²) in [6.07, 6.45) is 10.2. The van der Waals surface area contributed by atoms with E-state index in [1.165, 1.54) is 92.4 Å². The zero-order chi connectivity index (χ0) is 26.2. The number of carbonyl (C=O) groups is 1. The predicted molar refractivity (Wildman–Crippen MR) is 157 cm³/mol. The number of anilines is 1. The highest BCUT2D eigenvalue weighted by Gasteiger charge is 2.31. The van der Waals surface area contributed by atoms with Gasteiger partial charge in [-0.05, 0) is 80.0 Å². The van der Waals surface area contributed by atoms with E-state index in [0.717, 1.165) is 42.6 Å². The molecule has 1 atom stereocenters. The number of likely N-dealkylation sites (tertiary alicyclic amines) is 1. The highest BCUT2D eigenvalue weighted by atomic mass is 35.5. The van der Waals surface area contributed by atoms with Crippen LogP contribution in [0.5, 0.6) is 0 Å². The Balaban J connectivity index is 1.43. The summed E-state index contributed by atoms with van der Waals surface area (Å²) in [5.74, 6) is 0.465. The number of hydrogen-bond donors (Lipinski definition) is 1. The van der Waals surface area contributed by atoms with Crippen LogP contribution in [0.2, 0.25) is 5.02 Å². The van der Waals surface area contributed by atoms with Gasteiger partial charge in [0.1, 0.15) is 0 Å². The minimum Gasteiger partial charge on any atom is -0.478 e. The zero-order valence-corrected chi connectivity index (χ0v) is 23.3. The van der Waals surface area contributed by atoms with Crippen LogP contribution in [0.4, 0.5) is 5.69 Å². The molecule has 0 radical (unpaired) electrons. The van der Waals surface area contributed by atoms with E-state index in [2.05, 4.69) is 39.5 Å². The number of hydrogen-bond acceptors (Lipinski definition) is 3. The van der Waals surface area contributed by atoms with Gasteiger partial charge in [-0.3, -0.25) is 0 Å². The predicted octanol–water partition coefficient (Wildman–Crippen LogP) is 7.65. The van der Waals surface area contributed by atoms with Gasteiger partial charge in [0, 0.05) is 59.9 Å². The highest BCUT2D eigenvalue weighted by molar-refractivity contribution is 6.31. The van der Waals surface area contributed by atoms with E-state index < -0.39 is 5.97 Å². The zero-order valence-electron chi connectivity index (χ0n) is 22.6. The molecule has 0 spiro atoms. The molecule has 0 amide bonds. The summed E-state index contributed by atoms with van der Waals surface area (Å²) in [6, 6.07) is 12.1. The Labute approximate surface area is 231 Å². The summed E-state index contributed by atoms with van der Waals surface area (Å²) in [7, 11) is 0. The number of aromatic carboxylic acids is 1. The first-order chi connectivity index (χ1) is 18.5. The van der Waals surface area contributed by atoms with Crippen LogP contribution in [0.15, 0.2) is 36.4 Å². The lowest BCUT2D eigenvalue weighted by atomic mass is 9.81. The third-order valence-corrected chi connectivity index (χ3v) is 9.61. The van der Waals surface area contributed by atoms with Crippen molar-refractivity contribution >= 4 is 34.2 Å². The molecule has 2 aromatic carbocycles. The molecule has 0 unspecified atom stereocenters. The maximum absolute atomic E-state index is 11.9. The number of piperidine rings is 1. The number of carboxylic acids is 1. The van der Waals surface area contributed by atoms with Crippen LogP contribution < -0.4 is 4.90 Å². The van der Waals surface area contributed by atoms with E-state index in [1.807, 2.05) is 12.1 Å². The number of nitrogens with zero attached hydrogens (tertiary/aromatic N) is 3. The monoisotopic (exact) mass is 533 g/mol. The second kappa shape index (κ2) is 10.9. The van der Waals surface area contributed by atoms with E-state index in [0.29, 0.717) is 11.5 Å². The second-order valence-electron chi connectivity index (χ2n) is 11.7. The number of aromatic nitrogens is 1. The average Bonchev–Trinajstić information content (AvgIpc) is 3.18. The van der Waals surface area contributed by atoms with Crippen LogP contribution in [0.3, 0.4) is 0 Å². The van der Waals surface area contributed by atoms with E-state index in [4.69, 9.17) is 11.6 Å². The average molecular weight is 534 g/mol. The van der Waals surface area contributed by atoms with Crippen molar-refractivity contribution in [1.82, 2.24) is 9.47 Å². The molecular weight excluding hydrogens is 494 g/mol. The Morgan fingerprint density at radius 2 is 1.82 bits per heavy atom. The topological polar surface area (TPSA) is 48.7 Å². The Morgan fingerprint density at radius 3 is 2.61 bits per heavy atom. The quantitative estimate of drug-likeness (QED) is 0.353. The molecule has 1 N–H and O–H groups in total. The first-order valence-electron chi connectivity index (χ1n) is 14.7. The van der Waals surface area contributed by atoms with Gasteiger partial charge in [0.25, 0.3) is 0 Å². The van der Waals surface area contributed by atoms with Crippen LogP contribution >= 0.6 is 11.6 Å². The molecule has 38 heavy (non-hydrogen) atoms. The largest absolute Gasteiger partial charge is 0.478 e. The van der Waals surface area contributed by atoms with E-state index in [9.17, 15) is 9.90 Å². The molecule has 5 nitrogen and oxygen atoms in total. The highest BCUT2D eigenvalue weighted by Crippen LogP contribution is 2.48. The fraction of sp³-hybridized carbons (Fsp3) is 0.531. The number of carboxylic acid groups (broad SMARTS) is 1. The lowest BCUT2D eigenvalue weighted by Gasteiger charge is -2.34. The fourth-order valence-electron chi connectivity index (χ4n) is 7.33. The lowest BCUT2D eigenvalue weighted by molar-refractivity contribution is 0.0697. The van der Waals surface area contributed by atoms with Crippen molar-refractivity contribution in [2.75, 3.05) is 37.6 Å². The van der Waals surface area contributed by atoms with Gasteiger partial charge in [0.15, 0.2) is 0 Å². The summed E-state index contributed by atoms with van der Waals surface area (Å²) < 4.78 is 2.42. The molecule has 0 bridgehead atoms. The first kappa shape index (κ1) is 25.8. The molecule has 1 saturated carbocycles. The van der Waals surface area contributed by atoms with Gasteiger partial charge in [0.2, 0.25) is 0 Å². The van der Waals surface area contributed by atoms with E-state index in [1.54, 1.807) is 6.07 Å². The van der Waals surface area contributed by atoms with Crippen molar-refractivity contribution in [3.05, 3.63) is 52.5 Å². The molecule has 3 heterocycles. The summed E-state index contributed by atoms with van der Waals surface area (Å²) in [5, 5.41) is 11.8. The summed E-state index contributed by atoms with van der Waals surface area (Å²) in [4.78, 5) is 17.1. The summed E-state index contributed by atoms with van der Waals surface area (Å²) in [6.45, 7) is 8.49. The standard InChI is InChI=1S/C32H40ClN3O2/c1-2-22-7-6-14-34(21-22)15-16-35-17-18-36-29-19-24(32(37)38)10-12-26(29)30(23-8-4-3-5-9-23)31(36)27-13-11-25(33)20-28(27)35/h10-13,19-20,22-23H,2-9,14-18,21H2,1H3,(H,37,38)/t22-/m1/s1. The van der Waals surface area contributed by atoms with Crippen molar-refractivity contribution in [3.8, 4) is 11.3 Å². The van der Waals surface area contributed by atoms with Crippen LogP contribution in [0.1, 0.15) is 80.1 Å². The fourth-order valence-corrected chi connectivity index (χ4v) is 7.49. The van der Waals surface area contributed by atoms with Crippen LogP contribution in [0.25, 0.3) is 22.2 Å². The second-order valence-corrected chi connectivity index (χ2v) is 12.1. The Hall–Kier alpha value is -2.50. The summed E-state index contributed by atoms with van der Waals surface area (Å²) >= 11 is 6.62. The van der Waals surface area contributed by atoms with Crippen molar-refractivity contribution in [2.24, 2.45) is 5.92 Å². The Kier molecular flexibility index (Phi) is 7.41. The molecule has 2 fully saturated rings. The van der Waals surface area contributed by atoms with Crippen molar-refractivity contribution in [1.29, 1.82) is 0 Å². The van der Waals surface area contributed by atoms with Crippen molar-refractivity contribution in [2.45, 2.75) is 70.8 Å². The van der Waals surface area contributed by atoms with Crippen molar-refractivity contribution in [3.63, 3.8) is 0 Å². The minimum atomic E-state index is -0.865. The normalized spacial score (nSPS) is 20.8. The Bertz CT molecular complexity index is 1330. The number of rotatable bonds is 6. The molecule has 202 valence electrons. The van der Waals surface area contributed by atoms with E-state index in [-0.39, 0.29) is 0 Å². The van der Waals surface area contributed by atoms with Gasteiger partial charge >= 0.3 is 5.97 Å². The molecular formula is C32H40ClN3O2. The molecule has 6 rings (SSSR count). The van der Waals surface area contributed by atoms with Gasteiger partial charge in [0.05, 0.1) is 11.3 Å². The molecule has 1 aromatic heterocycles. The van der Waals surface area contributed by atoms with Crippen LogP contribution in [-0.2, 0) is 6.54 Å². The molecule has 3 aromatic rings. The molecule has 6 heteroatoms. The minimum absolute atomic E-state index is 0.362. The van der Waals surface area contributed by atoms with Gasteiger partial charge in [-0.2, -0.15) is 0 Å². The van der Waals surface area contributed by atoms with Crippen molar-refractivity contribution < 1.29 is 9.90 Å². The molecule has 2 aliphatic heterocycles. The molecule has 3 aliphatic rings. The van der Waals surface area contributed by atoms with Crippen LogP contribution in [-0.4, -0.2) is 53.3 Å². The van der Waals surface area contributed by atoms with Gasteiger partial charge in [-0.1, -0.05) is 50.3 Å². The number of halogens is 1. The number of benzene rings is 2. The van der Waals surface area contributed by atoms with Crippen LogP contribution in [0, 0.1) is 5.92 Å². The van der Waals surface area contributed by atoms with E-state index >= 15 is 0 Å². The SMILES string of the molecule is CC[C@@H]1CCCN(CCN2CCn3c(c(C4CCCCC4)c4ccc(C(=O)O)cc43)-c3ccc(Cl)cc32)C1. The van der Waals surface area contributed by atoms with Gasteiger partial charge in [-0.25, -0.2) is 4.79 Å². The maximum atomic E-state index is 11.9. The molecule has 1 saturated heterocycles. The third kappa shape index (κ3) is 4.84. The first-order valence-corrected chi connectivity index (χ1v) is 15.1. The van der Waals surface area contributed by atoms with Gasteiger partial charge in [-0.15, -0.1) is 0 Å². The maximum Gasteiger partial charge on any atom is 0.335 e. The smallest absolute Gasteiger partial charge is 0.335 e. The molecule has 1 aliphatic carbocycles. The summed E-state index contributed by atoms with van der Waals surface area (Å²) in [5.41, 5.74) is 6.59. The third-order valence-electron chi connectivity index (χ3n) is 9.38. The number of fused-ring (bicyclic) bond motifs is 5. The Morgan fingerprint density at radius 1 is 0.974 bits per heavy atom.